The summed E-state index contributed by atoms with van der Waals surface area (Å²) in [5.41, 5.74) is 1.13. The van der Waals surface area contributed by atoms with Crippen LogP contribution in [0.5, 0.6) is 5.75 Å². The monoisotopic (exact) mass is 263 g/mol. The van der Waals surface area contributed by atoms with Crippen LogP contribution in [-0.4, -0.2) is 40.2 Å². The average Bonchev–Trinajstić information content (AvgIpc) is 2.92. The van der Waals surface area contributed by atoms with Gasteiger partial charge < -0.3 is 15.1 Å². The van der Waals surface area contributed by atoms with Gasteiger partial charge in [-0.15, -0.1) is 0 Å². The molecule has 19 heavy (non-hydrogen) atoms. The minimum absolute atomic E-state index is 0.0277. The maximum absolute atomic E-state index is 12.6. The summed E-state index contributed by atoms with van der Waals surface area (Å²) in [6, 6.07) is 5.22. The molecule has 4 nitrogen and oxygen atoms in total. The molecule has 104 valence electrons. The second-order valence-corrected chi connectivity index (χ2v) is 5.11. The molecule has 1 aliphatic rings. The number of carbonyl (C=O) groups excluding carboxylic acids is 1. The fourth-order valence-electron chi connectivity index (χ4n) is 2.78. The Kier molecular flexibility index (Phi) is 4.43. The number of amides is 1. The quantitative estimate of drug-likeness (QED) is 0.874. The van der Waals surface area contributed by atoms with Crippen molar-refractivity contribution in [2.75, 3.05) is 13.2 Å². The summed E-state index contributed by atoms with van der Waals surface area (Å²) in [6.45, 7) is 2.08. The van der Waals surface area contributed by atoms with Gasteiger partial charge in [-0.25, -0.2) is 0 Å². The van der Waals surface area contributed by atoms with E-state index in [9.17, 15) is 15.0 Å². The Bertz CT molecular complexity index is 453. The fraction of sp³-hybridized carbons (Fsp3) is 0.533. The second kappa shape index (κ2) is 6.06. The Hall–Kier alpha value is -1.55. The first-order valence-corrected chi connectivity index (χ1v) is 6.85. The van der Waals surface area contributed by atoms with Gasteiger partial charge in [-0.05, 0) is 31.9 Å². The number of aliphatic hydroxyl groups is 1. The third-order valence-electron chi connectivity index (χ3n) is 3.90. The van der Waals surface area contributed by atoms with Gasteiger partial charge in [-0.2, -0.15) is 0 Å². The first kappa shape index (κ1) is 13.9. The lowest BCUT2D eigenvalue weighted by Gasteiger charge is -2.29. The molecule has 4 heteroatoms. The smallest absolute Gasteiger partial charge is 0.254 e. The number of aromatic hydroxyl groups is 1. The van der Waals surface area contributed by atoms with Crippen LogP contribution in [0.4, 0.5) is 0 Å². The number of benzene rings is 1. The van der Waals surface area contributed by atoms with Crippen LogP contribution in [0.25, 0.3) is 0 Å². The van der Waals surface area contributed by atoms with Crippen LogP contribution in [-0.2, 0) is 0 Å². The van der Waals surface area contributed by atoms with E-state index in [4.69, 9.17) is 0 Å². The van der Waals surface area contributed by atoms with Crippen LogP contribution in [0.1, 0.15) is 41.6 Å². The first-order chi connectivity index (χ1) is 9.15. The van der Waals surface area contributed by atoms with Gasteiger partial charge in [-0.3, -0.25) is 4.79 Å². The molecule has 0 radical (unpaired) electrons. The van der Waals surface area contributed by atoms with Crippen molar-refractivity contribution in [2.24, 2.45) is 0 Å². The number of rotatable bonds is 4. The zero-order valence-corrected chi connectivity index (χ0v) is 11.3. The molecule has 0 saturated heterocycles. The number of hydrogen-bond donors (Lipinski definition) is 2. The first-order valence-electron chi connectivity index (χ1n) is 6.85. The number of carbonyl (C=O) groups is 1. The lowest BCUT2D eigenvalue weighted by molar-refractivity contribution is 0.0637. The van der Waals surface area contributed by atoms with Gasteiger partial charge in [0, 0.05) is 23.7 Å². The van der Waals surface area contributed by atoms with E-state index in [1.54, 1.807) is 30.0 Å². The Morgan fingerprint density at radius 1 is 1.37 bits per heavy atom. The van der Waals surface area contributed by atoms with Gasteiger partial charge in [0.2, 0.25) is 0 Å². The molecule has 0 atom stereocenters. The van der Waals surface area contributed by atoms with Crippen LogP contribution in [0.2, 0.25) is 0 Å². The molecule has 1 aliphatic carbocycles. The molecule has 0 heterocycles. The summed E-state index contributed by atoms with van der Waals surface area (Å²) < 4.78 is 0. The maximum atomic E-state index is 12.6. The van der Waals surface area contributed by atoms with Crippen LogP contribution in [0.3, 0.4) is 0 Å². The largest absolute Gasteiger partial charge is 0.508 e. The van der Waals surface area contributed by atoms with Crippen LogP contribution < -0.4 is 0 Å². The predicted molar refractivity (Wildman–Crippen MR) is 73.2 cm³/mol. The zero-order chi connectivity index (χ0) is 13.8. The number of phenolic OH excluding ortho intramolecular Hbond substituents is 1. The number of aliphatic hydroxyl groups excluding tert-OH is 1. The summed E-state index contributed by atoms with van der Waals surface area (Å²) in [6.07, 6.45) is 4.28. The van der Waals surface area contributed by atoms with E-state index in [0.29, 0.717) is 17.7 Å². The van der Waals surface area contributed by atoms with E-state index >= 15 is 0 Å². The molecule has 0 aromatic heterocycles. The average molecular weight is 263 g/mol. The topological polar surface area (TPSA) is 60.8 Å². The van der Waals surface area contributed by atoms with Crippen molar-refractivity contribution in [3.63, 3.8) is 0 Å². The van der Waals surface area contributed by atoms with E-state index in [1.165, 1.54) is 0 Å². The standard InChI is InChI=1S/C15H21NO3/c1-11-13(7-4-8-14(11)18)15(19)16(9-10-17)12-5-2-3-6-12/h4,7-8,12,17-18H,2-3,5-6,9-10H2,1H3. The Morgan fingerprint density at radius 3 is 2.68 bits per heavy atom. The molecule has 2 N–H and O–H groups in total. The minimum Gasteiger partial charge on any atom is -0.508 e. The van der Waals surface area contributed by atoms with E-state index in [-0.39, 0.29) is 24.3 Å². The van der Waals surface area contributed by atoms with Crippen molar-refractivity contribution < 1.29 is 15.0 Å². The molecule has 2 rings (SSSR count). The third kappa shape index (κ3) is 2.89. The highest BCUT2D eigenvalue weighted by molar-refractivity contribution is 5.96. The molecule has 0 aliphatic heterocycles. The number of hydrogen-bond acceptors (Lipinski definition) is 3. The molecule has 1 saturated carbocycles. The molecular weight excluding hydrogens is 242 g/mol. The van der Waals surface area contributed by atoms with Crippen LogP contribution in [0.15, 0.2) is 18.2 Å². The molecular formula is C15H21NO3. The summed E-state index contributed by atoms with van der Waals surface area (Å²) in [4.78, 5) is 14.4. The van der Waals surface area contributed by atoms with Crippen molar-refractivity contribution in [1.82, 2.24) is 4.90 Å². The molecule has 1 fully saturated rings. The molecule has 1 aromatic rings. The lowest BCUT2D eigenvalue weighted by Crippen LogP contribution is -2.41. The highest BCUT2D eigenvalue weighted by atomic mass is 16.3. The number of phenols is 1. The van der Waals surface area contributed by atoms with E-state index in [0.717, 1.165) is 25.7 Å². The molecule has 1 aromatic carbocycles. The van der Waals surface area contributed by atoms with Gasteiger partial charge in [0.05, 0.1) is 6.61 Å². The lowest BCUT2D eigenvalue weighted by atomic mass is 10.0. The van der Waals surface area contributed by atoms with Gasteiger partial charge in [0.15, 0.2) is 0 Å². The molecule has 1 amide bonds. The molecule has 0 spiro atoms. The normalized spacial score (nSPS) is 15.7. The highest BCUT2D eigenvalue weighted by Crippen LogP contribution is 2.27. The van der Waals surface area contributed by atoms with Gasteiger partial charge in [0.1, 0.15) is 5.75 Å². The molecule has 0 bridgehead atoms. The fourth-order valence-corrected chi connectivity index (χ4v) is 2.78. The van der Waals surface area contributed by atoms with Gasteiger partial charge in [0.25, 0.3) is 5.91 Å². The van der Waals surface area contributed by atoms with Crippen molar-refractivity contribution in [1.29, 1.82) is 0 Å². The Balaban J connectivity index is 2.25. The zero-order valence-electron chi connectivity index (χ0n) is 11.3. The maximum Gasteiger partial charge on any atom is 0.254 e. The second-order valence-electron chi connectivity index (χ2n) is 5.11. The van der Waals surface area contributed by atoms with Gasteiger partial charge in [-0.1, -0.05) is 18.9 Å². The van der Waals surface area contributed by atoms with Crippen molar-refractivity contribution in [3.8, 4) is 5.75 Å². The summed E-state index contributed by atoms with van der Waals surface area (Å²) in [5.74, 6) is 0.0515. The third-order valence-corrected chi connectivity index (χ3v) is 3.90. The van der Waals surface area contributed by atoms with Crippen molar-refractivity contribution >= 4 is 5.91 Å². The van der Waals surface area contributed by atoms with E-state index in [1.807, 2.05) is 0 Å². The molecule has 0 unspecified atom stereocenters. The van der Waals surface area contributed by atoms with Crippen molar-refractivity contribution in [3.05, 3.63) is 29.3 Å². The minimum atomic E-state index is -0.0886. The van der Waals surface area contributed by atoms with Crippen molar-refractivity contribution in [2.45, 2.75) is 38.6 Å². The van der Waals surface area contributed by atoms with E-state index < -0.39 is 0 Å². The van der Waals surface area contributed by atoms with Crippen LogP contribution in [0, 0.1) is 6.92 Å². The Morgan fingerprint density at radius 2 is 2.05 bits per heavy atom. The predicted octanol–water partition coefficient (Wildman–Crippen LogP) is 2.08. The van der Waals surface area contributed by atoms with Crippen LogP contribution >= 0.6 is 0 Å². The van der Waals surface area contributed by atoms with E-state index in [2.05, 4.69) is 0 Å². The summed E-state index contributed by atoms with van der Waals surface area (Å²) in [7, 11) is 0. The SMILES string of the molecule is Cc1c(O)cccc1C(=O)N(CCO)C1CCCC1. The highest BCUT2D eigenvalue weighted by Gasteiger charge is 2.28. The van der Waals surface area contributed by atoms with Gasteiger partial charge >= 0.3 is 0 Å². The summed E-state index contributed by atoms with van der Waals surface area (Å²) in [5, 5.41) is 18.9. The Labute approximate surface area is 113 Å². The number of nitrogens with zero attached hydrogens (tertiary/aromatic N) is 1. The summed E-state index contributed by atoms with van der Waals surface area (Å²) >= 11 is 0.